The molecule has 3 nitrogen and oxygen atoms in total. The Hall–Kier alpha value is -2.00. The second-order valence-electron chi connectivity index (χ2n) is 4.33. The van der Waals surface area contributed by atoms with E-state index in [1.807, 2.05) is 37.3 Å². The molecule has 0 aliphatic rings. The third-order valence-corrected chi connectivity index (χ3v) is 3.19. The second-order valence-corrected chi connectivity index (χ2v) is 4.77. The number of carbonyl (C=O) groups excluding carboxylic acids is 1. The summed E-state index contributed by atoms with van der Waals surface area (Å²) in [6.07, 6.45) is 0. The van der Waals surface area contributed by atoms with Crippen LogP contribution in [0.1, 0.15) is 21.5 Å². The van der Waals surface area contributed by atoms with Crippen LogP contribution in [0, 0.1) is 6.92 Å². The molecule has 2 rings (SSSR count). The quantitative estimate of drug-likeness (QED) is 0.898. The van der Waals surface area contributed by atoms with Crippen molar-refractivity contribution < 1.29 is 4.79 Å². The Bertz CT molecular complexity index is 611. The minimum Gasteiger partial charge on any atom is -0.381 e. The van der Waals surface area contributed by atoms with E-state index in [1.54, 1.807) is 12.1 Å². The summed E-state index contributed by atoms with van der Waals surface area (Å²) in [5.41, 5.74) is 8.81. The fourth-order valence-corrected chi connectivity index (χ4v) is 2.06. The van der Waals surface area contributed by atoms with Crippen LogP contribution in [-0.4, -0.2) is 5.91 Å². The number of nitrogens with one attached hydrogen (secondary N) is 1. The zero-order chi connectivity index (χ0) is 13.8. The third kappa shape index (κ3) is 3.26. The lowest BCUT2D eigenvalue weighted by atomic mass is 10.1. The van der Waals surface area contributed by atoms with Crippen molar-refractivity contribution in [1.29, 1.82) is 0 Å². The minimum absolute atomic E-state index is 0.416. The van der Waals surface area contributed by atoms with Crippen molar-refractivity contribution in [3.05, 3.63) is 64.2 Å². The molecule has 2 aromatic carbocycles. The zero-order valence-electron chi connectivity index (χ0n) is 10.6. The molecule has 0 fully saturated rings. The largest absolute Gasteiger partial charge is 0.381 e. The summed E-state index contributed by atoms with van der Waals surface area (Å²) in [6.45, 7) is 2.53. The fraction of sp³-hybridized carbons (Fsp3) is 0.133. The van der Waals surface area contributed by atoms with Crippen molar-refractivity contribution in [2.75, 3.05) is 5.32 Å². The van der Waals surface area contributed by atoms with E-state index in [1.165, 1.54) is 0 Å². The zero-order valence-corrected chi connectivity index (χ0v) is 11.4. The number of hydrogen-bond acceptors (Lipinski definition) is 2. The lowest BCUT2D eigenvalue weighted by Crippen LogP contribution is -2.15. The Balaban J connectivity index is 2.19. The average molecular weight is 275 g/mol. The van der Waals surface area contributed by atoms with E-state index in [0.29, 0.717) is 17.1 Å². The van der Waals surface area contributed by atoms with E-state index in [9.17, 15) is 4.79 Å². The first-order valence-electron chi connectivity index (χ1n) is 5.95. The van der Waals surface area contributed by atoms with Gasteiger partial charge in [-0.05, 0) is 36.2 Å². The summed E-state index contributed by atoms with van der Waals surface area (Å²) < 4.78 is 0. The molecule has 0 aliphatic heterocycles. The molecule has 0 aromatic heterocycles. The van der Waals surface area contributed by atoms with Crippen LogP contribution < -0.4 is 11.1 Å². The Kier molecular flexibility index (Phi) is 4.07. The number of hydrogen-bond donors (Lipinski definition) is 2. The van der Waals surface area contributed by atoms with Crippen LogP contribution in [0.5, 0.6) is 0 Å². The van der Waals surface area contributed by atoms with Gasteiger partial charge in [-0.25, -0.2) is 0 Å². The van der Waals surface area contributed by atoms with Crippen molar-refractivity contribution in [3.8, 4) is 0 Å². The SMILES string of the molecule is Cc1ccc(Cl)cc1NCc1ccccc1C(N)=O. The first-order valence-corrected chi connectivity index (χ1v) is 6.33. The van der Waals surface area contributed by atoms with E-state index >= 15 is 0 Å². The highest BCUT2D eigenvalue weighted by Crippen LogP contribution is 2.21. The van der Waals surface area contributed by atoms with Gasteiger partial charge in [0.2, 0.25) is 5.91 Å². The van der Waals surface area contributed by atoms with E-state index in [0.717, 1.165) is 16.8 Å². The minimum atomic E-state index is -0.416. The molecule has 0 heterocycles. The molecule has 98 valence electrons. The standard InChI is InChI=1S/C15H15ClN2O/c1-10-6-7-12(16)8-14(10)18-9-11-4-2-3-5-13(11)15(17)19/h2-8,18H,9H2,1H3,(H2,17,19). The summed E-state index contributed by atoms with van der Waals surface area (Å²) in [6, 6.07) is 13.0. The number of rotatable bonds is 4. The molecule has 0 aliphatic carbocycles. The van der Waals surface area contributed by atoms with Gasteiger partial charge >= 0.3 is 0 Å². The topological polar surface area (TPSA) is 55.1 Å². The monoisotopic (exact) mass is 274 g/mol. The van der Waals surface area contributed by atoms with Gasteiger partial charge in [0.25, 0.3) is 0 Å². The molecule has 0 atom stereocenters. The van der Waals surface area contributed by atoms with Gasteiger partial charge < -0.3 is 11.1 Å². The van der Waals surface area contributed by atoms with Gasteiger partial charge in [-0.1, -0.05) is 35.9 Å². The summed E-state index contributed by atoms with van der Waals surface area (Å²) in [5.74, 6) is -0.416. The number of primary amides is 1. The highest BCUT2D eigenvalue weighted by molar-refractivity contribution is 6.30. The third-order valence-electron chi connectivity index (χ3n) is 2.95. The fourth-order valence-electron chi connectivity index (χ4n) is 1.89. The van der Waals surface area contributed by atoms with Crippen molar-refractivity contribution in [3.63, 3.8) is 0 Å². The first kappa shape index (κ1) is 13.4. The van der Waals surface area contributed by atoms with Gasteiger partial charge in [-0.3, -0.25) is 4.79 Å². The molecule has 0 bridgehead atoms. The molecule has 0 saturated carbocycles. The number of nitrogens with two attached hydrogens (primary N) is 1. The summed E-state index contributed by atoms with van der Waals surface area (Å²) in [5, 5.41) is 3.95. The van der Waals surface area contributed by atoms with Crippen LogP contribution in [0.2, 0.25) is 5.02 Å². The number of benzene rings is 2. The Morgan fingerprint density at radius 1 is 1.26 bits per heavy atom. The second kappa shape index (κ2) is 5.76. The van der Waals surface area contributed by atoms with Gasteiger partial charge in [-0.15, -0.1) is 0 Å². The summed E-state index contributed by atoms with van der Waals surface area (Å²) in [7, 11) is 0. The number of aryl methyl sites for hydroxylation is 1. The molecular weight excluding hydrogens is 260 g/mol. The highest BCUT2D eigenvalue weighted by Gasteiger charge is 2.07. The molecule has 1 amide bonds. The van der Waals surface area contributed by atoms with Crippen LogP contribution in [0.15, 0.2) is 42.5 Å². The summed E-state index contributed by atoms with van der Waals surface area (Å²) >= 11 is 5.97. The van der Waals surface area contributed by atoms with Gasteiger partial charge in [0, 0.05) is 22.8 Å². The smallest absolute Gasteiger partial charge is 0.249 e. The molecular formula is C15H15ClN2O. The number of carbonyl (C=O) groups is 1. The molecule has 0 radical (unpaired) electrons. The predicted molar refractivity (Wildman–Crippen MR) is 78.5 cm³/mol. The van der Waals surface area contributed by atoms with Gasteiger partial charge in [0.15, 0.2) is 0 Å². The van der Waals surface area contributed by atoms with Crippen molar-refractivity contribution in [2.24, 2.45) is 5.73 Å². The normalized spacial score (nSPS) is 10.2. The van der Waals surface area contributed by atoms with Crippen molar-refractivity contribution in [1.82, 2.24) is 0 Å². The first-order chi connectivity index (χ1) is 9.08. The Morgan fingerprint density at radius 3 is 2.74 bits per heavy atom. The Labute approximate surface area is 117 Å². The molecule has 19 heavy (non-hydrogen) atoms. The van der Waals surface area contributed by atoms with Crippen LogP contribution in [0.25, 0.3) is 0 Å². The lowest BCUT2D eigenvalue weighted by Gasteiger charge is -2.12. The van der Waals surface area contributed by atoms with Crippen molar-refractivity contribution in [2.45, 2.75) is 13.5 Å². The van der Waals surface area contributed by atoms with E-state index < -0.39 is 5.91 Å². The van der Waals surface area contributed by atoms with E-state index in [-0.39, 0.29) is 0 Å². The molecule has 3 N–H and O–H groups in total. The highest BCUT2D eigenvalue weighted by atomic mass is 35.5. The van der Waals surface area contributed by atoms with Gasteiger partial charge in [0.1, 0.15) is 0 Å². The molecule has 0 spiro atoms. The van der Waals surface area contributed by atoms with Gasteiger partial charge in [-0.2, -0.15) is 0 Å². The van der Waals surface area contributed by atoms with Crippen LogP contribution >= 0.6 is 11.6 Å². The maximum atomic E-state index is 11.3. The molecule has 2 aromatic rings. The van der Waals surface area contributed by atoms with Gasteiger partial charge in [0.05, 0.1) is 0 Å². The number of anilines is 1. The lowest BCUT2D eigenvalue weighted by molar-refractivity contribution is 0.0999. The molecule has 0 saturated heterocycles. The summed E-state index contributed by atoms with van der Waals surface area (Å²) in [4.78, 5) is 11.3. The number of halogens is 1. The molecule has 0 unspecified atom stereocenters. The Morgan fingerprint density at radius 2 is 2.00 bits per heavy atom. The predicted octanol–water partition coefficient (Wildman–Crippen LogP) is 3.36. The average Bonchev–Trinajstić information content (AvgIpc) is 2.40. The van der Waals surface area contributed by atoms with Crippen LogP contribution in [-0.2, 0) is 6.54 Å². The maximum Gasteiger partial charge on any atom is 0.249 e. The molecule has 4 heteroatoms. The van der Waals surface area contributed by atoms with Crippen molar-refractivity contribution >= 4 is 23.2 Å². The maximum absolute atomic E-state index is 11.3. The van der Waals surface area contributed by atoms with E-state index in [4.69, 9.17) is 17.3 Å². The van der Waals surface area contributed by atoms with Crippen LogP contribution in [0.3, 0.4) is 0 Å². The van der Waals surface area contributed by atoms with Crippen LogP contribution in [0.4, 0.5) is 5.69 Å². The number of amides is 1. The van der Waals surface area contributed by atoms with E-state index in [2.05, 4.69) is 5.32 Å².